The van der Waals surface area contributed by atoms with Crippen LogP contribution in [0.4, 0.5) is 5.69 Å². The molecule has 0 atom stereocenters. The fraction of sp³-hybridized carbons (Fsp3) is 0.333. The molecule has 0 amide bonds. The Morgan fingerprint density at radius 2 is 1.74 bits per heavy atom. The molecule has 0 saturated carbocycles. The molecule has 0 bridgehead atoms. The summed E-state index contributed by atoms with van der Waals surface area (Å²) >= 11 is 3.60. The average Bonchev–Trinajstić information content (AvgIpc) is 2.45. The monoisotopic (exact) mass is 337 g/mol. The average molecular weight is 338 g/mol. The topological polar surface area (TPSA) is 29.1 Å². The van der Waals surface area contributed by atoms with Gasteiger partial charge in [0.1, 0.15) is 0 Å². The lowest BCUT2D eigenvalue weighted by atomic mass is 10.1. The van der Waals surface area contributed by atoms with Crippen LogP contribution in [0.1, 0.15) is 12.8 Å². The summed E-state index contributed by atoms with van der Waals surface area (Å²) in [5.41, 5.74) is 1.18. The van der Waals surface area contributed by atoms with Crippen LogP contribution in [0, 0.1) is 0 Å². The molecule has 1 fully saturated rings. The van der Waals surface area contributed by atoms with E-state index in [4.69, 9.17) is 0 Å². The maximum Gasteiger partial charge on any atom is 0.0422 e. The van der Waals surface area contributed by atoms with E-state index < -0.39 is 10.8 Å². The van der Waals surface area contributed by atoms with Crippen molar-refractivity contribution in [3.05, 3.63) is 40.9 Å². The van der Waals surface area contributed by atoms with Crippen molar-refractivity contribution in [2.75, 3.05) is 16.8 Å². The zero-order chi connectivity index (χ0) is 13.2. The summed E-state index contributed by atoms with van der Waals surface area (Å²) < 4.78 is 12.5. The lowest BCUT2D eigenvalue weighted by Crippen LogP contribution is -2.29. The van der Waals surface area contributed by atoms with E-state index in [1.807, 2.05) is 0 Å². The van der Waals surface area contributed by atoms with Crippen molar-refractivity contribution in [1.29, 1.82) is 0 Å². The lowest BCUT2D eigenvalue weighted by molar-refractivity contribution is 0.624. The minimum Gasteiger partial charge on any atom is -0.382 e. The highest BCUT2D eigenvalue weighted by Crippen LogP contribution is 2.31. The highest BCUT2D eigenvalue weighted by atomic mass is 79.9. The number of hydrogen-bond acceptors (Lipinski definition) is 2. The molecule has 2 nitrogen and oxygen atoms in total. The summed E-state index contributed by atoms with van der Waals surface area (Å²) in [6, 6.07) is 13.0. The number of benzene rings is 2. The van der Waals surface area contributed by atoms with E-state index in [-0.39, 0.29) is 0 Å². The summed E-state index contributed by atoms with van der Waals surface area (Å²) in [6.07, 6.45) is 1.99. The summed E-state index contributed by atoms with van der Waals surface area (Å²) in [6.45, 7) is 0. The summed E-state index contributed by atoms with van der Waals surface area (Å²) in [5.74, 6) is 1.65. The number of rotatable bonds is 2. The first-order valence-corrected chi connectivity index (χ1v) is 8.81. The minimum absolute atomic E-state index is 0.447. The predicted octanol–water partition coefficient (Wildman–Crippen LogP) is 3.93. The zero-order valence-corrected chi connectivity index (χ0v) is 13.0. The second-order valence-electron chi connectivity index (χ2n) is 4.91. The van der Waals surface area contributed by atoms with Crippen LogP contribution in [0.2, 0.25) is 0 Å². The molecule has 0 aromatic heterocycles. The zero-order valence-electron chi connectivity index (χ0n) is 10.6. The summed E-state index contributed by atoms with van der Waals surface area (Å²) in [4.78, 5) is 0. The third-order valence-electron chi connectivity index (χ3n) is 3.62. The first-order chi connectivity index (χ1) is 9.24. The molecular weight excluding hydrogens is 322 g/mol. The number of hydrogen-bond donors (Lipinski definition) is 1. The molecule has 3 rings (SSSR count). The van der Waals surface area contributed by atoms with E-state index in [1.54, 1.807) is 0 Å². The van der Waals surface area contributed by atoms with Gasteiger partial charge in [-0.15, -0.1) is 0 Å². The molecule has 19 heavy (non-hydrogen) atoms. The number of halogens is 1. The largest absolute Gasteiger partial charge is 0.382 e. The van der Waals surface area contributed by atoms with Gasteiger partial charge in [0, 0.05) is 43.9 Å². The van der Waals surface area contributed by atoms with E-state index in [1.165, 1.54) is 16.5 Å². The van der Waals surface area contributed by atoms with Crippen LogP contribution < -0.4 is 5.32 Å². The fourth-order valence-corrected chi connectivity index (χ4v) is 4.32. The van der Waals surface area contributed by atoms with Crippen molar-refractivity contribution < 1.29 is 4.21 Å². The summed E-state index contributed by atoms with van der Waals surface area (Å²) in [5, 5.41) is 6.08. The van der Waals surface area contributed by atoms with Crippen molar-refractivity contribution >= 4 is 43.2 Å². The van der Waals surface area contributed by atoms with Crippen LogP contribution in [0.3, 0.4) is 0 Å². The van der Waals surface area contributed by atoms with Gasteiger partial charge in [-0.3, -0.25) is 4.21 Å². The van der Waals surface area contributed by atoms with Crippen LogP contribution in [0.15, 0.2) is 40.9 Å². The molecule has 2 aromatic carbocycles. The molecule has 1 aliphatic heterocycles. The fourth-order valence-electron chi connectivity index (χ4n) is 2.55. The Morgan fingerprint density at radius 1 is 1.05 bits per heavy atom. The van der Waals surface area contributed by atoms with Crippen molar-refractivity contribution in [1.82, 2.24) is 0 Å². The number of anilines is 1. The third-order valence-corrected chi connectivity index (χ3v) is 5.69. The molecule has 1 N–H and O–H groups in total. The Labute approximate surface area is 124 Å². The molecule has 2 aromatic rings. The molecule has 0 radical (unpaired) electrons. The second kappa shape index (κ2) is 5.63. The van der Waals surface area contributed by atoms with Crippen molar-refractivity contribution in [2.24, 2.45) is 0 Å². The van der Waals surface area contributed by atoms with Crippen molar-refractivity contribution in [3.8, 4) is 0 Å². The Kier molecular flexibility index (Phi) is 3.89. The number of fused-ring (bicyclic) bond motifs is 1. The van der Waals surface area contributed by atoms with Gasteiger partial charge in [0.05, 0.1) is 0 Å². The normalized spacial score (nSPS) is 23.4. The van der Waals surface area contributed by atoms with Crippen LogP contribution >= 0.6 is 15.9 Å². The molecular formula is C15H16BrNOS. The van der Waals surface area contributed by atoms with Crippen LogP contribution in [-0.4, -0.2) is 21.8 Å². The molecule has 4 heteroatoms. The van der Waals surface area contributed by atoms with Gasteiger partial charge in [0.15, 0.2) is 0 Å². The highest BCUT2D eigenvalue weighted by molar-refractivity contribution is 9.10. The second-order valence-corrected chi connectivity index (χ2v) is 7.46. The SMILES string of the molecule is O=S1CCC(Nc2ccc(Br)c3ccccc23)CC1. The Bertz CT molecular complexity index is 619. The van der Waals surface area contributed by atoms with Gasteiger partial charge in [-0.1, -0.05) is 40.2 Å². The van der Waals surface area contributed by atoms with E-state index in [0.29, 0.717) is 6.04 Å². The van der Waals surface area contributed by atoms with Crippen LogP contribution in [-0.2, 0) is 10.8 Å². The number of nitrogens with one attached hydrogen (secondary N) is 1. The van der Waals surface area contributed by atoms with Crippen LogP contribution in [0.25, 0.3) is 10.8 Å². The Morgan fingerprint density at radius 3 is 2.47 bits per heavy atom. The van der Waals surface area contributed by atoms with E-state index in [9.17, 15) is 4.21 Å². The highest BCUT2D eigenvalue weighted by Gasteiger charge is 2.18. The maximum absolute atomic E-state index is 11.4. The van der Waals surface area contributed by atoms with Gasteiger partial charge in [0.25, 0.3) is 0 Å². The van der Waals surface area contributed by atoms with Gasteiger partial charge in [-0.25, -0.2) is 0 Å². The molecule has 100 valence electrons. The van der Waals surface area contributed by atoms with Gasteiger partial charge >= 0.3 is 0 Å². The van der Waals surface area contributed by atoms with E-state index in [0.717, 1.165) is 28.8 Å². The van der Waals surface area contributed by atoms with Gasteiger partial charge < -0.3 is 5.32 Å². The molecule has 0 spiro atoms. The standard InChI is InChI=1S/C15H16BrNOS/c16-14-5-6-15(13-4-2-1-3-12(13)14)17-11-7-9-19(18)10-8-11/h1-6,11,17H,7-10H2. The van der Waals surface area contributed by atoms with Gasteiger partial charge in [-0.05, 0) is 30.4 Å². The Hall–Kier alpha value is -0.870. The molecule has 0 aliphatic carbocycles. The van der Waals surface area contributed by atoms with Gasteiger partial charge in [-0.2, -0.15) is 0 Å². The van der Waals surface area contributed by atoms with E-state index >= 15 is 0 Å². The molecule has 1 saturated heterocycles. The molecule has 1 aliphatic rings. The third kappa shape index (κ3) is 2.84. The lowest BCUT2D eigenvalue weighted by Gasteiger charge is -2.24. The van der Waals surface area contributed by atoms with Gasteiger partial charge in [0.2, 0.25) is 0 Å². The molecule has 1 heterocycles. The quantitative estimate of drug-likeness (QED) is 0.899. The maximum atomic E-state index is 11.4. The molecule has 0 unspecified atom stereocenters. The summed E-state index contributed by atoms with van der Waals surface area (Å²) in [7, 11) is -0.597. The smallest absolute Gasteiger partial charge is 0.0422 e. The van der Waals surface area contributed by atoms with Crippen molar-refractivity contribution in [2.45, 2.75) is 18.9 Å². The van der Waals surface area contributed by atoms with E-state index in [2.05, 4.69) is 57.6 Å². The first-order valence-electron chi connectivity index (χ1n) is 6.53. The van der Waals surface area contributed by atoms with Crippen LogP contribution in [0.5, 0.6) is 0 Å². The Balaban J connectivity index is 1.89. The predicted molar refractivity (Wildman–Crippen MR) is 86.2 cm³/mol. The first kappa shape index (κ1) is 13.1. The minimum atomic E-state index is -0.597. The van der Waals surface area contributed by atoms with Crippen molar-refractivity contribution in [3.63, 3.8) is 0 Å².